The van der Waals surface area contributed by atoms with Crippen molar-refractivity contribution < 1.29 is 9.53 Å². The zero-order valence-electron chi connectivity index (χ0n) is 10.9. The standard InChI is InChI=1S/C16H16O2S/c1-18-15-7-6-12(11-4-2-3-5-13(11)15)14-8-9-19-16(14)10-17/h6-10H,2-5H2,1H3. The van der Waals surface area contributed by atoms with Gasteiger partial charge in [0.25, 0.3) is 0 Å². The molecule has 1 aromatic carbocycles. The molecule has 98 valence electrons. The van der Waals surface area contributed by atoms with Crippen LogP contribution in [-0.4, -0.2) is 13.4 Å². The van der Waals surface area contributed by atoms with Gasteiger partial charge < -0.3 is 4.74 Å². The second-order valence-electron chi connectivity index (χ2n) is 4.80. The van der Waals surface area contributed by atoms with Crippen LogP contribution in [0.4, 0.5) is 0 Å². The van der Waals surface area contributed by atoms with Gasteiger partial charge in [-0.15, -0.1) is 11.3 Å². The van der Waals surface area contributed by atoms with E-state index in [9.17, 15) is 4.79 Å². The summed E-state index contributed by atoms with van der Waals surface area (Å²) in [5, 5.41) is 1.98. The number of thiophene rings is 1. The average molecular weight is 272 g/mol. The molecule has 0 unspecified atom stereocenters. The van der Waals surface area contributed by atoms with Crippen molar-refractivity contribution in [2.45, 2.75) is 25.7 Å². The zero-order chi connectivity index (χ0) is 13.2. The van der Waals surface area contributed by atoms with Crippen molar-refractivity contribution in [3.8, 4) is 16.9 Å². The first kappa shape index (κ1) is 12.4. The first-order valence-electron chi connectivity index (χ1n) is 6.57. The quantitative estimate of drug-likeness (QED) is 0.786. The number of fused-ring (bicyclic) bond motifs is 1. The highest BCUT2D eigenvalue weighted by Crippen LogP contribution is 2.38. The Labute approximate surface area is 117 Å². The minimum Gasteiger partial charge on any atom is -0.496 e. The maximum atomic E-state index is 11.1. The summed E-state index contributed by atoms with van der Waals surface area (Å²) in [7, 11) is 1.73. The van der Waals surface area contributed by atoms with Crippen molar-refractivity contribution in [2.24, 2.45) is 0 Å². The molecule has 3 rings (SSSR count). The lowest BCUT2D eigenvalue weighted by Gasteiger charge is -2.22. The van der Waals surface area contributed by atoms with E-state index in [-0.39, 0.29) is 0 Å². The highest BCUT2D eigenvalue weighted by Gasteiger charge is 2.19. The molecule has 1 aliphatic carbocycles. The first-order valence-corrected chi connectivity index (χ1v) is 7.45. The SMILES string of the molecule is COc1ccc(-c2ccsc2C=O)c2c1CCCC2. The monoisotopic (exact) mass is 272 g/mol. The smallest absolute Gasteiger partial charge is 0.160 e. The Hall–Kier alpha value is -1.61. The summed E-state index contributed by atoms with van der Waals surface area (Å²) in [4.78, 5) is 12.0. The van der Waals surface area contributed by atoms with Crippen LogP contribution in [0.15, 0.2) is 23.6 Å². The topological polar surface area (TPSA) is 26.3 Å². The van der Waals surface area contributed by atoms with Crippen molar-refractivity contribution in [3.05, 3.63) is 39.6 Å². The van der Waals surface area contributed by atoms with Crippen LogP contribution in [-0.2, 0) is 12.8 Å². The van der Waals surface area contributed by atoms with E-state index in [1.54, 1.807) is 7.11 Å². The molecule has 1 aliphatic rings. The lowest BCUT2D eigenvalue weighted by molar-refractivity contribution is 0.112. The lowest BCUT2D eigenvalue weighted by atomic mass is 9.85. The molecule has 0 spiro atoms. The van der Waals surface area contributed by atoms with Crippen molar-refractivity contribution in [3.63, 3.8) is 0 Å². The third-order valence-electron chi connectivity index (χ3n) is 3.80. The number of methoxy groups -OCH3 is 1. The second-order valence-corrected chi connectivity index (χ2v) is 5.74. The molecule has 0 saturated heterocycles. The van der Waals surface area contributed by atoms with Gasteiger partial charge in [-0.25, -0.2) is 0 Å². The summed E-state index contributed by atoms with van der Waals surface area (Å²) in [5.74, 6) is 0.987. The molecule has 0 N–H and O–H groups in total. The van der Waals surface area contributed by atoms with Gasteiger partial charge in [-0.3, -0.25) is 4.79 Å². The van der Waals surface area contributed by atoms with Gasteiger partial charge in [-0.05, 0) is 59.9 Å². The van der Waals surface area contributed by atoms with E-state index in [0.29, 0.717) is 0 Å². The molecule has 3 heteroatoms. The summed E-state index contributed by atoms with van der Waals surface area (Å²) in [5.41, 5.74) is 4.97. The fourth-order valence-corrected chi connectivity index (χ4v) is 3.62. The van der Waals surface area contributed by atoms with Crippen LogP contribution in [0.5, 0.6) is 5.75 Å². The molecule has 0 radical (unpaired) electrons. The molecule has 0 atom stereocenters. The summed E-state index contributed by atoms with van der Waals surface area (Å²) in [6.07, 6.45) is 5.55. The summed E-state index contributed by atoms with van der Waals surface area (Å²) >= 11 is 1.51. The van der Waals surface area contributed by atoms with Crippen molar-refractivity contribution in [1.29, 1.82) is 0 Å². The Morgan fingerprint density at radius 3 is 2.63 bits per heavy atom. The summed E-state index contributed by atoms with van der Waals surface area (Å²) in [6, 6.07) is 6.18. The Bertz CT molecular complexity index is 613. The normalized spacial score (nSPS) is 13.9. The first-order chi connectivity index (χ1) is 9.35. The number of hydrogen-bond acceptors (Lipinski definition) is 3. The molecule has 19 heavy (non-hydrogen) atoms. The van der Waals surface area contributed by atoms with Gasteiger partial charge in [0.1, 0.15) is 5.75 Å². The van der Waals surface area contributed by atoms with Crippen LogP contribution < -0.4 is 4.74 Å². The lowest BCUT2D eigenvalue weighted by Crippen LogP contribution is -2.07. The van der Waals surface area contributed by atoms with Crippen molar-refractivity contribution in [1.82, 2.24) is 0 Å². The minimum atomic E-state index is 0.818. The fraction of sp³-hybridized carbons (Fsp3) is 0.312. The number of hydrogen-bond donors (Lipinski definition) is 0. The van der Waals surface area contributed by atoms with Gasteiger partial charge in [0.05, 0.1) is 12.0 Å². The third kappa shape index (κ3) is 2.08. The van der Waals surface area contributed by atoms with E-state index in [0.717, 1.165) is 35.3 Å². The molecule has 0 bridgehead atoms. The molecule has 1 heterocycles. The molecule has 2 aromatic rings. The van der Waals surface area contributed by atoms with Gasteiger partial charge >= 0.3 is 0 Å². The number of aldehydes is 1. The largest absolute Gasteiger partial charge is 0.496 e. The van der Waals surface area contributed by atoms with E-state index < -0.39 is 0 Å². The molecule has 2 nitrogen and oxygen atoms in total. The Morgan fingerprint density at radius 2 is 1.89 bits per heavy atom. The van der Waals surface area contributed by atoms with Crippen LogP contribution in [0.1, 0.15) is 33.6 Å². The van der Waals surface area contributed by atoms with E-state index in [2.05, 4.69) is 6.07 Å². The van der Waals surface area contributed by atoms with Gasteiger partial charge in [0.2, 0.25) is 0 Å². The number of carbonyl (C=O) groups excluding carboxylic acids is 1. The molecule has 0 saturated carbocycles. The zero-order valence-corrected chi connectivity index (χ0v) is 11.8. The Balaban J connectivity index is 2.20. The van der Waals surface area contributed by atoms with E-state index >= 15 is 0 Å². The summed E-state index contributed by atoms with van der Waals surface area (Å²) in [6.45, 7) is 0. The molecule has 0 fully saturated rings. The third-order valence-corrected chi connectivity index (χ3v) is 4.65. The Morgan fingerprint density at radius 1 is 1.11 bits per heavy atom. The number of rotatable bonds is 3. The van der Waals surface area contributed by atoms with E-state index in [1.807, 2.05) is 17.5 Å². The second kappa shape index (κ2) is 5.17. The van der Waals surface area contributed by atoms with E-state index in [1.165, 1.54) is 40.9 Å². The highest BCUT2D eigenvalue weighted by atomic mass is 32.1. The summed E-state index contributed by atoms with van der Waals surface area (Å²) < 4.78 is 5.47. The van der Waals surface area contributed by atoms with Gasteiger partial charge in [-0.2, -0.15) is 0 Å². The van der Waals surface area contributed by atoms with Crippen molar-refractivity contribution in [2.75, 3.05) is 7.11 Å². The highest BCUT2D eigenvalue weighted by molar-refractivity contribution is 7.12. The van der Waals surface area contributed by atoms with Crippen LogP contribution in [0.3, 0.4) is 0 Å². The number of carbonyl (C=O) groups is 1. The Kier molecular flexibility index (Phi) is 3.38. The molecular formula is C16H16O2S. The van der Waals surface area contributed by atoms with Crippen LogP contribution in [0.25, 0.3) is 11.1 Å². The van der Waals surface area contributed by atoms with Crippen LogP contribution in [0.2, 0.25) is 0 Å². The molecule has 1 aromatic heterocycles. The number of ether oxygens (including phenoxy) is 1. The molecular weight excluding hydrogens is 256 g/mol. The molecule has 0 aliphatic heterocycles. The van der Waals surface area contributed by atoms with E-state index in [4.69, 9.17) is 4.74 Å². The van der Waals surface area contributed by atoms with Crippen LogP contribution >= 0.6 is 11.3 Å². The fourth-order valence-electron chi connectivity index (χ4n) is 2.91. The average Bonchev–Trinajstić information content (AvgIpc) is 2.94. The number of benzene rings is 1. The minimum absolute atomic E-state index is 0.818. The van der Waals surface area contributed by atoms with Crippen LogP contribution in [0, 0.1) is 0 Å². The van der Waals surface area contributed by atoms with Gasteiger partial charge in [0, 0.05) is 5.56 Å². The predicted molar refractivity (Wildman–Crippen MR) is 78.3 cm³/mol. The maximum Gasteiger partial charge on any atom is 0.160 e. The van der Waals surface area contributed by atoms with Gasteiger partial charge in [-0.1, -0.05) is 6.07 Å². The predicted octanol–water partition coefficient (Wildman–Crippen LogP) is 4.12. The maximum absolute atomic E-state index is 11.1. The van der Waals surface area contributed by atoms with Gasteiger partial charge in [0.15, 0.2) is 6.29 Å². The molecule has 0 amide bonds. The van der Waals surface area contributed by atoms with Crippen molar-refractivity contribution >= 4 is 17.6 Å².